The third-order valence-electron chi connectivity index (χ3n) is 6.37. The van der Waals surface area contributed by atoms with E-state index >= 15 is 0 Å². The molecule has 4 rings (SSSR count). The molecule has 0 bridgehead atoms. The smallest absolute Gasteiger partial charge is 0.250 e. The first-order chi connectivity index (χ1) is 14.7. The van der Waals surface area contributed by atoms with Crippen molar-refractivity contribution in [2.75, 3.05) is 18.0 Å². The van der Waals surface area contributed by atoms with Gasteiger partial charge in [0.2, 0.25) is 0 Å². The van der Waals surface area contributed by atoms with Crippen molar-refractivity contribution >= 4 is 28.3 Å². The quantitative estimate of drug-likeness (QED) is 0.570. The molecular formula is C26H31N3O2. The van der Waals surface area contributed by atoms with Crippen molar-refractivity contribution in [3.63, 3.8) is 0 Å². The molecule has 3 N–H and O–H groups in total. The molecule has 2 aromatic carbocycles. The Kier molecular flexibility index (Phi) is 5.61. The molecule has 1 aliphatic heterocycles. The summed E-state index contributed by atoms with van der Waals surface area (Å²) >= 11 is 0. The summed E-state index contributed by atoms with van der Waals surface area (Å²) in [5, 5.41) is 1.00. The highest BCUT2D eigenvalue weighted by Gasteiger charge is 2.25. The van der Waals surface area contributed by atoms with E-state index in [0.29, 0.717) is 17.9 Å². The van der Waals surface area contributed by atoms with Crippen LogP contribution in [0.4, 0.5) is 5.69 Å². The van der Waals surface area contributed by atoms with Gasteiger partial charge in [-0.15, -0.1) is 0 Å². The molecule has 1 fully saturated rings. The maximum Gasteiger partial charge on any atom is 0.250 e. The molecule has 0 unspecified atom stereocenters. The number of Topliss-reactive ketones (excluding diaryl/α,β-unsaturated/α-hetero) is 1. The van der Waals surface area contributed by atoms with E-state index in [4.69, 9.17) is 5.73 Å². The Morgan fingerprint density at radius 3 is 2.52 bits per heavy atom. The summed E-state index contributed by atoms with van der Waals surface area (Å²) in [4.78, 5) is 30.2. The lowest BCUT2D eigenvalue weighted by Gasteiger charge is -2.35. The molecule has 31 heavy (non-hydrogen) atoms. The number of nitrogens with two attached hydrogens (primary N) is 1. The number of H-pyrrole nitrogens is 1. The number of carbonyl (C=O) groups excluding carboxylic acids is 2. The van der Waals surface area contributed by atoms with Gasteiger partial charge in [0.05, 0.1) is 11.1 Å². The highest BCUT2D eigenvalue weighted by atomic mass is 16.1. The van der Waals surface area contributed by atoms with E-state index in [9.17, 15) is 9.59 Å². The number of amides is 1. The maximum atomic E-state index is 12.9. The Labute approximate surface area is 183 Å². The number of benzene rings is 2. The van der Waals surface area contributed by atoms with Crippen molar-refractivity contribution in [3.05, 3.63) is 65.4 Å². The number of carbonyl (C=O) groups is 2. The molecule has 0 spiro atoms. The number of primary amides is 1. The molecule has 0 radical (unpaired) electrons. The number of hydrogen-bond donors (Lipinski definition) is 2. The Balaban J connectivity index is 1.49. The van der Waals surface area contributed by atoms with Crippen LogP contribution >= 0.6 is 0 Å². The Bertz CT molecular complexity index is 1110. The predicted molar refractivity (Wildman–Crippen MR) is 126 cm³/mol. The lowest BCUT2D eigenvalue weighted by atomic mass is 9.85. The number of aromatic amines is 1. The number of fused-ring (bicyclic) bond motifs is 1. The predicted octanol–water partition coefficient (Wildman–Crippen LogP) is 5.05. The van der Waals surface area contributed by atoms with Crippen LogP contribution < -0.4 is 10.6 Å². The Hall–Kier alpha value is -3.08. The Morgan fingerprint density at radius 2 is 1.84 bits per heavy atom. The standard InChI is InChI=1S/C26H31N3O2/c1-26(2,3)19-8-6-18(7-9-19)23(30)15-17-5-4-14-29(16-17)22-11-10-21(25(27)31)24-20(22)12-13-28-24/h6-13,17,28H,4-5,14-16H2,1-3H3,(H2,27,31)/t17-/m0/s1. The first-order valence-electron chi connectivity index (χ1n) is 11.0. The van der Waals surface area contributed by atoms with Crippen LogP contribution in [0.2, 0.25) is 0 Å². The average molecular weight is 418 g/mol. The van der Waals surface area contributed by atoms with Crippen LogP contribution in [-0.4, -0.2) is 29.8 Å². The highest BCUT2D eigenvalue weighted by Crippen LogP contribution is 2.33. The first-order valence-corrected chi connectivity index (χ1v) is 11.0. The minimum Gasteiger partial charge on any atom is -0.371 e. The molecular weight excluding hydrogens is 386 g/mol. The van der Waals surface area contributed by atoms with Gasteiger partial charge in [-0.1, -0.05) is 45.0 Å². The van der Waals surface area contributed by atoms with Gasteiger partial charge in [0.15, 0.2) is 5.78 Å². The molecule has 1 atom stereocenters. The van der Waals surface area contributed by atoms with Crippen LogP contribution in [0, 0.1) is 5.92 Å². The molecule has 0 aliphatic carbocycles. The van der Waals surface area contributed by atoms with Gasteiger partial charge in [0.25, 0.3) is 5.91 Å². The van der Waals surface area contributed by atoms with Gasteiger partial charge in [-0.3, -0.25) is 9.59 Å². The highest BCUT2D eigenvalue weighted by molar-refractivity contribution is 6.08. The van der Waals surface area contributed by atoms with Crippen LogP contribution in [0.3, 0.4) is 0 Å². The van der Waals surface area contributed by atoms with E-state index in [2.05, 4.69) is 42.8 Å². The topological polar surface area (TPSA) is 79.2 Å². The molecule has 1 amide bonds. The van der Waals surface area contributed by atoms with E-state index in [1.54, 1.807) is 6.07 Å². The molecule has 2 heterocycles. The van der Waals surface area contributed by atoms with Crippen molar-refractivity contribution < 1.29 is 9.59 Å². The number of nitrogens with one attached hydrogen (secondary N) is 1. The third kappa shape index (κ3) is 4.36. The molecule has 162 valence electrons. The largest absolute Gasteiger partial charge is 0.371 e. The second-order valence-electron chi connectivity index (χ2n) is 9.67. The fourth-order valence-electron chi connectivity index (χ4n) is 4.61. The average Bonchev–Trinajstić information content (AvgIpc) is 3.22. The van der Waals surface area contributed by atoms with Crippen molar-refractivity contribution in [3.8, 4) is 0 Å². The van der Waals surface area contributed by atoms with E-state index < -0.39 is 5.91 Å². The lowest BCUT2D eigenvalue weighted by Crippen LogP contribution is -2.36. The van der Waals surface area contributed by atoms with Crippen LogP contribution in [0.5, 0.6) is 0 Å². The number of anilines is 1. The van der Waals surface area contributed by atoms with E-state index in [0.717, 1.165) is 48.1 Å². The number of hydrogen-bond acceptors (Lipinski definition) is 3. The van der Waals surface area contributed by atoms with E-state index in [-0.39, 0.29) is 11.2 Å². The summed E-state index contributed by atoms with van der Waals surface area (Å²) in [5.41, 5.74) is 10.0. The second kappa shape index (κ2) is 8.22. The van der Waals surface area contributed by atoms with Crippen LogP contribution in [0.1, 0.15) is 66.3 Å². The number of nitrogens with zero attached hydrogens (tertiary/aromatic N) is 1. The molecule has 3 aromatic rings. The minimum atomic E-state index is -0.432. The number of aromatic nitrogens is 1. The van der Waals surface area contributed by atoms with Crippen LogP contribution in [0.15, 0.2) is 48.7 Å². The summed E-state index contributed by atoms with van der Waals surface area (Å²) in [7, 11) is 0. The first kappa shape index (κ1) is 21.2. The van der Waals surface area contributed by atoms with Gasteiger partial charge < -0.3 is 15.6 Å². The maximum absolute atomic E-state index is 12.9. The van der Waals surface area contributed by atoms with E-state index in [1.807, 2.05) is 30.5 Å². The van der Waals surface area contributed by atoms with Gasteiger partial charge >= 0.3 is 0 Å². The number of rotatable bonds is 5. The molecule has 1 saturated heterocycles. The normalized spacial score (nSPS) is 17.1. The summed E-state index contributed by atoms with van der Waals surface area (Å²) in [6, 6.07) is 13.8. The van der Waals surface area contributed by atoms with Crippen LogP contribution in [0.25, 0.3) is 10.9 Å². The van der Waals surface area contributed by atoms with Crippen molar-refractivity contribution in [1.29, 1.82) is 0 Å². The van der Waals surface area contributed by atoms with Gasteiger partial charge in [-0.05, 0) is 47.9 Å². The molecule has 1 aromatic heterocycles. The van der Waals surface area contributed by atoms with Gasteiger partial charge in [0.1, 0.15) is 0 Å². The lowest BCUT2D eigenvalue weighted by molar-refractivity contribution is 0.0955. The third-order valence-corrected chi connectivity index (χ3v) is 6.37. The SMILES string of the molecule is CC(C)(C)c1ccc(C(=O)C[C@@H]2CCCN(c3ccc(C(N)=O)c4[nH]ccc34)C2)cc1. The zero-order chi connectivity index (χ0) is 22.2. The van der Waals surface area contributed by atoms with Gasteiger partial charge in [0, 0.05) is 42.3 Å². The van der Waals surface area contributed by atoms with Gasteiger partial charge in [-0.2, -0.15) is 0 Å². The number of piperidine rings is 1. The van der Waals surface area contributed by atoms with Crippen molar-refractivity contribution in [2.45, 2.75) is 45.4 Å². The number of ketones is 1. The second-order valence-corrected chi connectivity index (χ2v) is 9.67. The fourth-order valence-corrected chi connectivity index (χ4v) is 4.61. The zero-order valence-electron chi connectivity index (χ0n) is 18.6. The molecule has 1 aliphatic rings. The molecule has 5 nitrogen and oxygen atoms in total. The summed E-state index contributed by atoms with van der Waals surface area (Å²) in [6.07, 6.45) is 4.50. The summed E-state index contributed by atoms with van der Waals surface area (Å²) in [5.74, 6) is 0.0927. The zero-order valence-corrected chi connectivity index (χ0v) is 18.6. The molecule has 5 heteroatoms. The Morgan fingerprint density at radius 1 is 1.10 bits per heavy atom. The fraction of sp³-hybridized carbons (Fsp3) is 0.385. The minimum absolute atomic E-state index is 0.0824. The van der Waals surface area contributed by atoms with Crippen molar-refractivity contribution in [1.82, 2.24) is 4.98 Å². The van der Waals surface area contributed by atoms with Crippen LogP contribution in [-0.2, 0) is 5.41 Å². The summed E-state index contributed by atoms with van der Waals surface area (Å²) < 4.78 is 0. The molecule has 0 saturated carbocycles. The van der Waals surface area contributed by atoms with Crippen molar-refractivity contribution in [2.24, 2.45) is 11.7 Å². The van der Waals surface area contributed by atoms with E-state index in [1.165, 1.54) is 5.56 Å². The summed E-state index contributed by atoms with van der Waals surface area (Å²) in [6.45, 7) is 8.32. The monoisotopic (exact) mass is 417 g/mol. The van der Waals surface area contributed by atoms with Gasteiger partial charge in [-0.25, -0.2) is 0 Å².